The maximum Gasteiger partial charge on any atom is 0.264 e. The molecule has 1 rings (SSSR count). The van der Waals surface area contributed by atoms with Crippen LogP contribution in [0.3, 0.4) is 0 Å². The molecule has 0 aliphatic heterocycles. The van der Waals surface area contributed by atoms with Crippen LogP contribution in [0.2, 0.25) is 0 Å². The minimum absolute atomic E-state index is 0.194. The summed E-state index contributed by atoms with van der Waals surface area (Å²) in [4.78, 5) is 11.0. The summed E-state index contributed by atoms with van der Waals surface area (Å²) in [6.45, 7) is 5.85. The van der Waals surface area contributed by atoms with Crippen LogP contribution in [0.1, 0.15) is 37.6 Å². The number of rotatable bonds is 5. The number of carbonyl (C=O) groups excluding carboxylic acids is 1. The molecule has 21 heavy (non-hydrogen) atoms. The maximum atomic E-state index is 14.0. The van der Waals surface area contributed by atoms with Gasteiger partial charge in [-0.05, 0) is 24.0 Å². The normalized spacial score (nSPS) is 12.3. The molecule has 1 aromatic rings. The van der Waals surface area contributed by atoms with Crippen molar-refractivity contribution in [2.75, 3.05) is 6.54 Å². The summed E-state index contributed by atoms with van der Waals surface area (Å²) < 4.78 is 50.0. The summed E-state index contributed by atoms with van der Waals surface area (Å²) in [5, 5.41) is 2.39. The smallest absolute Gasteiger partial charge is 0.264 e. The van der Waals surface area contributed by atoms with E-state index in [-0.39, 0.29) is 12.0 Å². The number of hydrogen-bond donors (Lipinski definition) is 1. The Balaban J connectivity index is 3.16. The van der Waals surface area contributed by atoms with Gasteiger partial charge in [-0.1, -0.05) is 20.8 Å². The molecule has 0 spiro atoms. The highest BCUT2D eigenvalue weighted by molar-refractivity contribution is 8.13. The van der Waals surface area contributed by atoms with Gasteiger partial charge in [0, 0.05) is 17.2 Å². The molecule has 0 saturated heterocycles. The first-order chi connectivity index (χ1) is 9.49. The van der Waals surface area contributed by atoms with Gasteiger partial charge in [-0.3, -0.25) is 4.79 Å². The molecule has 1 N–H and O–H groups in total. The van der Waals surface area contributed by atoms with Gasteiger partial charge in [0.05, 0.1) is 0 Å². The molecule has 0 saturated carbocycles. The minimum Gasteiger partial charge on any atom is -0.351 e. The van der Waals surface area contributed by atoms with Gasteiger partial charge >= 0.3 is 0 Å². The van der Waals surface area contributed by atoms with Crippen molar-refractivity contribution in [2.24, 2.45) is 5.41 Å². The van der Waals surface area contributed by atoms with Crippen molar-refractivity contribution in [3.8, 4) is 0 Å². The lowest BCUT2D eigenvalue weighted by molar-refractivity contribution is 0.0926. The van der Waals surface area contributed by atoms with Crippen LogP contribution in [-0.2, 0) is 9.05 Å². The van der Waals surface area contributed by atoms with Crippen LogP contribution in [0.15, 0.2) is 17.0 Å². The first kappa shape index (κ1) is 17.8. The van der Waals surface area contributed by atoms with Crippen LogP contribution in [0.25, 0.3) is 0 Å². The SMILES string of the molecule is CCC(C)(C)CNC(=O)c1c(F)ccc(S(=O)(=O)Cl)c1F. The second-order valence-electron chi connectivity index (χ2n) is 5.37. The van der Waals surface area contributed by atoms with Gasteiger partial charge < -0.3 is 5.32 Å². The minimum atomic E-state index is -4.40. The summed E-state index contributed by atoms with van der Waals surface area (Å²) in [6, 6.07) is 1.37. The van der Waals surface area contributed by atoms with E-state index in [9.17, 15) is 22.0 Å². The molecule has 118 valence electrons. The third-order valence-corrected chi connectivity index (χ3v) is 4.57. The van der Waals surface area contributed by atoms with Crippen LogP contribution in [0.4, 0.5) is 8.78 Å². The van der Waals surface area contributed by atoms with Crippen LogP contribution >= 0.6 is 10.7 Å². The molecular weight excluding hydrogens is 324 g/mol. The lowest BCUT2D eigenvalue weighted by atomic mass is 9.90. The maximum absolute atomic E-state index is 14.0. The Bertz CT molecular complexity index is 660. The molecule has 8 heteroatoms. The van der Waals surface area contributed by atoms with E-state index >= 15 is 0 Å². The molecule has 0 aliphatic carbocycles. The number of hydrogen-bond acceptors (Lipinski definition) is 3. The molecule has 0 unspecified atom stereocenters. The predicted octanol–water partition coefficient (Wildman–Crippen LogP) is 3.06. The van der Waals surface area contributed by atoms with Crippen LogP contribution in [0, 0.1) is 17.0 Å². The summed E-state index contributed by atoms with van der Waals surface area (Å²) in [7, 11) is 0.639. The summed E-state index contributed by atoms with van der Waals surface area (Å²) >= 11 is 0. The molecule has 0 atom stereocenters. The zero-order chi connectivity index (χ0) is 16.4. The van der Waals surface area contributed by atoms with Gasteiger partial charge in [0.1, 0.15) is 16.3 Å². The average molecular weight is 340 g/mol. The Kier molecular flexibility index (Phi) is 5.33. The van der Waals surface area contributed by atoms with Crippen LogP contribution in [-0.4, -0.2) is 20.9 Å². The molecule has 0 heterocycles. The van der Waals surface area contributed by atoms with E-state index in [4.69, 9.17) is 10.7 Å². The molecule has 1 amide bonds. The fourth-order valence-electron chi connectivity index (χ4n) is 1.46. The van der Waals surface area contributed by atoms with E-state index in [2.05, 4.69) is 5.32 Å². The molecule has 1 aromatic carbocycles. The second-order valence-corrected chi connectivity index (χ2v) is 7.91. The number of benzene rings is 1. The van der Waals surface area contributed by atoms with Crippen molar-refractivity contribution in [1.82, 2.24) is 5.32 Å². The third kappa shape index (κ3) is 4.38. The van der Waals surface area contributed by atoms with Crippen molar-refractivity contribution in [3.05, 3.63) is 29.3 Å². The van der Waals surface area contributed by atoms with Gasteiger partial charge in [0.15, 0.2) is 5.82 Å². The fraction of sp³-hybridized carbons (Fsp3) is 0.462. The first-order valence-corrected chi connectivity index (χ1v) is 8.51. The van der Waals surface area contributed by atoms with Gasteiger partial charge in [-0.15, -0.1) is 0 Å². The zero-order valence-corrected chi connectivity index (χ0v) is 13.4. The lowest BCUT2D eigenvalue weighted by Gasteiger charge is -2.23. The number of halogens is 3. The molecule has 0 aliphatic rings. The monoisotopic (exact) mass is 339 g/mol. The standard InChI is InChI=1S/C13H16ClF2NO3S/c1-4-13(2,3)7-17-12(18)10-8(15)5-6-9(11(10)16)21(14,19)20/h5-6H,4,7H2,1-3H3,(H,17,18). The van der Waals surface area contributed by atoms with E-state index in [0.29, 0.717) is 12.1 Å². The van der Waals surface area contributed by atoms with E-state index < -0.39 is 37.1 Å². The number of amides is 1. The van der Waals surface area contributed by atoms with E-state index in [1.807, 2.05) is 20.8 Å². The predicted molar refractivity (Wildman–Crippen MR) is 75.8 cm³/mol. The summed E-state index contributed by atoms with van der Waals surface area (Å²) in [5.74, 6) is -3.66. The van der Waals surface area contributed by atoms with Gasteiger partial charge in [0.25, 0.3) is 15.0 Å². The van der Waals surface area contributed by atoms with Crippen molar-refractivity contribution >= 4 is 25.6 Å². The molecular formula is C13H16ClF2NO3S. The lowest BCUT2D eigenvalue weighted by Crippen LogP contribution is -2.34. The highest BCUT2D eigenvalue weighted by Gasteiger charge is 2.27. The third-order valence-electron chi connectivity index (χ3n) is 3.23. The van der Waals surface area contributed by atoms with Crippen LogP contribution < -0.4 is 5.32 Å². The Morgan fingerprint density at radius 2 is 1.90 bits per heavy atom. The number of nitrogens with one attached hydrogen (secondary N) is 1. The molecule has 0 aromatic heterocycles. The van der Waals surface area contributed by atoms with Crippen LogP contribution in [0.5, 0.6) is 0 Å². The Morgan fingerprint density at radius 3 is 2.38 bits per heavy atom. The van der Waals surface area contributed by atoms with Crippen molar-refractivity contribution in [1.29, 1.82) is 0 Å². The van der Waals surface area contributed by atoms with E-state index in [0.717, 1.165) is 6.42 Å². The highest BCUT2D eigenvalue weighted by Crippen LogP contribution is 2.24. The number of carbonyl (C=O) groups is 1. The molecule has 0 radical (unpaired) electrons. The Morgan fingerprint density at radius 1 is 1.33 bits per heavy atom. The quantitative estimate of drug-likeness (QED) is 0.839. The first-order valence-electron chi connectivity index (χ1n) is 6.20. The van der Waals surface area contributed by atoms with E-state index in [1.54, 1.807) is 0 Å². The molecule has 0 bridgehead atoms. The van der Waals surface area contributed by atoms with Crippen molar-refractivity contribution < 1.29 is 22.0 Å². The van der Waals surface area contributed by atoms with Gasteiger partial charge in [0.2, 0.25) is 0 Å². The highest BCUT2D eigenvalue weighted by atomic mass is 35.7. The second kappa shape index (κ2) is 6.27. The fourth-order valence-corrected chi connectivity index (χ4v) is 2.37. The topological polar surface area (TPSA) is 63.2 Å². The Hall–Kier alpha value is -1.21. The summed E-state index contributed by atoms with van der Waals surface area (Å²) in [5.41, 5.74) is -1.21. The molecule has 4 nitrogen and oxygen atoms in total. The Labute approximate surface area is 126 Å². The molecule has 0 fully saturated rings. The average Bonchev–Trinajstić information content (AvgIpc) is 2.35. The van der Waals surface area contributed by atoms with Crippen molar-refractivity contribution in [3.63, 3.8) is 0 Å². The summed E-state index contributed by atoms with van der Waals surface area (Å²) in [6.07, 6.45) is 0.744. The van der Waals surface area contributed by atoms with Gasteiger partial charge in [-0.2, -0.15) is 0 Å². The largest absolute Gasteiger partial charge is 0.351 e. The zero-order valence-electron chi connectivity index (χ0n) is 11.8. The van der Waals surface area contributed by atoms with E-state index in [1.165, 1.54) is 0 Å². The van der Waals surface area contributed by atoms with Crippen molar-refractivity contribution in [2.45, 2.75) is 32.1 Å². The van der Waals surface area contributed by atoms with Gasteiger partial charge in [-0.25, -0.2) is 17.2 Å².